The lowest BCUT2D eigenvalue weighted by molar-refractivity contribution is -0.137. The van der Waals surface area contributed by atoms with Gasteiger partial charge in [0.25, 0.3) is 0 Å². The molecule has 0 saturated carbocycles. The molecule has 144 valence electrons. The second kappa shape index (κ2) is 9.59. The smallest absolute Gasteiger partial charge is 0.223 e. The molecule has 2 fully saturated rings. The summed E-state index contributed by atoms with van der Waals surface area (Å²) in [5, 5.41) is 3.15. The van der Waals surface area contributed by atoms with Crippen molar-refractivity contribution in [2.24, 2.45) is 17.8 Å². The molecule has 1 N–H and O–H groups in total. The molecule has 2 aliphatic heterocycles. The fourth-order valence-electron chi connectivity index (χ4n) is 4.65. The highest BCUT2D eigenvalue weighted by Gasteiger charge is 2.42. The van der Waals surface area contributed by atoms with Crippen molar-refractivity contribution in [2.45, 2.75) is 97.6 Å². The molecule has 5 atom stereocenters. The summed E-state index contributed by atoms with van der Waals surface area (Å²) in [5.41, 5.74) is 0. The van der Waals surface area contributed by atoms with E-state index in [0.29, 0.717) is 48.6 Å². The summed E-state index contributed by atoms with van der Waals surface area (Å²) in [7, 11) is 0. The lowest BCUT2D eigenvalue weighted by atomic mass is 9.89. The van der Waals surface area contributed by atoms with E-state index in [2.05, 4.69) is 37.9 Å². The van der Waals surface area contributed by atoms with Crippen LogP contribution in [0.25, 0.3) is 0 Å². The second-order valence-electron chi connectivity index (χ2n) is 8.64. The standard InChI is InChI=1S/C21H38N2O2/c1-5-7-16(4)10-20(24)22-14-17-12-18-8-9-19(13-17)23(18)21(25)11-15(3)6-2/h15-19H,5-14H2,1-4H3,(H,22,24)/t15?,16?,17?,18-,19+. The number of amides is 2. The van der Waals surface area contributed by atoms with Gasteiger partial charge in [0, 0.05) is 31.5 Å². The molecule has 2 bridgehead atoms. The van der Waals surface area contributed by atoms with Crippen LogP contribution in [-0.4, -0.2) is 35.3 Å². The molecule has 2 rings (SSSR count). The van der Waals surface area contributed by atoms with Gasteiger partial charge in [-0.2, -0.15) is 0 Å². The predicted molar refractivity (Wildman–Crippen MR) is 102 cm³/mol. The molecular weight excluding hydrogens is 312 g/mol. The first-order chi connectivity index (χ1) is 11.9. The molecule has 0 aromatic rings. The van der Waals surface area contributed by atoms with Gasteiger partial charge in [0.1, 0.15) is 0 Å². The second-order valence-corrected chi connectivity index (χ2v) is 8.64. The number of piperidine rings is 1. The Hall–Kier alpha value is -1.06. The van der Waals surface area contributed by atoms with Gasteiger partial charge < -0.3 is 10.2 Å². The highest BCUT2D eigenvalue weighted by molar-refractivity contribution is 5.78. The van der Waals surface area contributed by atoms with Crippen molar-refractivity contribution in [1.29, 1.82) is 0 Å². The van der Waals surface area contributed by atoms with Crippen LogP contribution in [0.2, 0.25) is 0 Å². The quantitative estimate of drug-likeness (QED) is 0.679. The molecule has 3 unspecified atom stereocenters. The largest absolute Gasteiger partial charge is 0.356 e. The molecule has 4 heteroatoms. The van der Waals surface area contributed by atoms with Gasteiger partial charge in [0.2, 0.25) is 11.8 Å². The van der Waals surface area contributed by atoms with Crippen molar-refractivity contribution in [1.82, 2.24) is 10.2 Å². The highest BCUT2D eigenvalue weighted by Crippen LogP contribution is 2.39. The van der Waals surface area contributed by atoms with Crippen molar-refractivity contribution in [3.8, 4) is 0 Å². The van der Waals surface area contributed by atoms with Crippen LogP contribution in [0, 0.1) is 17.8 Å². The number of hydrogen-bond acceptors (Lipinski definition) is 2. The summed E-state index contributed by atoms with van der Waals surface area (Å²) in [6.45, 7) is 9.44. The summed E-state index contributed by atoms with van der Waals surface area (Å²) in [4.78, 5) is 26.9. The van der Waals surface area contributed by atoms with Gasteiger partial charge in [-0.25, -0.2) is 0 Å². The van der Waals surface area contributed by atoms with E-state index in [9.17, 15) is 9.59 Å². The van der Waals surface area contributed by atoms with Gasteiger partial charge in [-0.05, 0) is 43.4 Å². The lowest BCUT2D eigenvalue weighted by Crippen LogP contribution is -2.48. The average molecular weight is 351 g/mol. The van der Waals surface area contributed by atoms with E-state index in [1.54, 1.807) is 0 Å². The summed E-state index contributed by atoms with van der Waals surface area (Å²) in [6.07, 6.45) is 9.09. The van der Waals surface area contributed by atoms with Gasteiger partial charge in [0.05, 0.1) is 0 Å². The Morgan fingerprint density at radius 2 is 1.68 bits per heavy atom. The zero-order chi connectivity index (χ0) is 18.4. The van der Waals surface area contributed by atoms with Gasteiger partial charge in [-0.1, -0.05) is 47.0 Å². The zero-order valence-corrected chi connectivity index (χ0v) is 16.7. The summed E-state index contributed by atoms with van der Waals surface area (Å²) in [5.74, 6) is 2.05. The normalized spacial score (nSPS) is 27.8. The number of carbonyl (C=O) groups excluding carboxylic acids is 2. The third-order valence-electron chi connectivity index (χ3n) is 6.24. The van der Waals surface area contributed by atoms with Crippen LogP contribution in [0.3, 0.4) is 0 Å². The maximum absolute atomic E-state index is 12.6. The lowest BCUT2D eigenvalue weighted by Gasteiger charge is -2.39. The first-order valence-electron chi connectivity index (χ1n) is 10.5. The molecule has 2 heterocycles. The van der Waals surface area contributed by atoms with Crippen LogP contribution in [0.4, 0.5) is 0 Å². The number of hydrogen-bond donors (Lipinski definition) is 1. The zero-order valence-electron chi connectivity index (χ0n) is 16.7. The summed E-state index contributed by atoms with van der Waals surface area (Å²) >= 11 is 0. The summed E-state index contributed by atoms with van der Waals surface area (Å²) in [6, 6.07) is 0.826. The van der Waals surface area contributed by atoms with Crippen LogP contribution < -0.4 is 5.32 Å². The Morgan fingerprint density at radius 3 is 2.24 bits per heavy atom. The molecular formula is C21H38N2O2. The fourth-order valence-corrected chi connectivity index (χ4v) is 4.65. The van der Waals surface area contributed by atoms with E-state index in [1.807, 2.05) is 0 Å². The molecule has 4 nitrogen and oxygen atoms in total. The number of rotatable bonds is 9. The fraction of sp³-hybridized carbons (Fsp3) is 0.905. The van der Waals surface area contributed by atoms with Crippen LogP contribution >= 0.6 is 0 Å². The van der Waals surface area contributed by atoms with E-state index in [4.69, 9.17) is 0 Å². The summed E-state index contributed by atoms with van der Waals surface area (Å²) < 4.78 is 0. The van der Waals surface area contributed by atoms with Crippen molar-refractivity contribution >= 4 is 11.8 Å². The maximum atomic E-state index is 12.6. The Morgan fingerprint density at radius 1 is 1.04 bits per heavy atom. The Bertz CT molecular complexity index is 437. The van der Waals surface area contributed by atoms with Crippen molar-refractivity contribution in [3.05, 3.63) is 0 Å². The van der Waals surface area contributed by atoms with E-state index in [1.165, 1.54) is 0 Å². The van der Waals surface area contributed by atoms with Gasteiger partial charge >= 0.3 is 0 Å². The predicted octanol–water partition coefficient (Wildman–Crippen LogP) is 4.13. The number of fused-ring (bicyclic) bond motifs is 2. The molecule has 2 aliphatic rings. The Labute approximate surface area is 154 Å². The van der Waals surface area contributed by atoms with E-state index in [-0.39, 0.29) is 5.91 Å². The first kappa shape index (κ1) is 20.3. The monoisotopic (exact) mass is 350 g/mol. The van der Waals surface area contributed by atoms with Crippen LogP contribution in [0.1, 0.15) is 85.5 Å². The van der Waals surface area contributed by atoms with Crippen molar-refractivity contribution in [2.75, 3.05) is 6.54 Å². The SMILES string of the molecule is CCCC(C)CC(=O)NCC1C[C@H]2CC[C@@H](C1)N2C(=O)CC(C)CC. The number of carbonyl (C=O) groups is 2. The minimum atomic E-state index is 0.198. The number of nitrogens with zero attached hydrogens (tertiary/aromatic N) is 1. The highest BCUT2D eigenvalue weighted by atomic mass is 16.2. The Balaban J connectivity index is 1.77. The van der Waals surface area contributed by atoms with Crippen molar-refractivity contribution < 1.29 is 9.59 Å². The van der Waals surface area contributed by atoms with E-state index < -0.39 is 0 Å². The molecule has 0 radical (unpaired) electrons. The Kier molecular flexibility index (Phi) is 7.77. The molecule has 0 spiro atoms. The van der Waals surface area contributed by atoms with Gasteiger partial charge in [0.15, 0.2) is 0 Å². The van der Waals surface area contributed by atoms with Gasteiger partial charge in [-0.3, -0.25) is 9.59 Å². The maximum Gasteiger partial charge on any atom is 0.223 e. The minimum absolute atomic E-state index is 0.198. The minimum Gasteiger partial charge on any atom is -0.356 e. The molecule has 0 aromatic heterocycles. The first-order valence-corrected chi connectivity index (χ1v) is 10.5. The third-order valence-corrected chi connectivity index (χ3v) is 6.24. The van der Waals surface area contributed by atoms with E-state index >= 15 is 0 Å². The molecule has 2 amide bonds. The molecule has 0 aliphatic carbocycles. The molecule has 0 aromatic carbocycles. The molecule has 2 saturated heterocycles. The van der Waals surface area contributed by atoms with E-state index in [0.717, 1.165) is 51.5 Å². The van der Waals surface area contributed by atoms with Crippen LogP contribution in [0.15, 0.2) is 0 Å². The average Bonchev–Trinajstić information content (AvgIpc) is 2.83. The van der Waals surface area contributed by atoms with Crippen LogP contribution in [-0.2, 0) is 9.59 Å². The third kappa shape index (κ3) is 5.72. The number of nitrogens with one attached hydrogen (secondary N) is 1. The topological polar surface area (TPSA) is 49.4 Å². The van der Waals surface area contributed by atoms with Crippen molar-refractivity contribution in [3.63, 3.8) is 0 Å². The molecule has 25 heavy (non-hydrogen) atoms. The van der Waals surface area contributed by atoms with Crippen LogP contribution in [0.5, 0.6) is 0 Å². The van der Waals surface area contributed by atoms with Gasteiger partial charge in [-0.15, -0.1) is 0 Å².